The SMILES string of the molecule is COc1ccc(Br)cc1.[Mg+2]. The fraction of sp³-hybridized carbons (Fsp3) is 0.143. The number of benzene rings is 1. The van der Waals surface area contributed by atoms with Gasteiger partial charge in [0.15, 0.2) is 0 Å². The predicted molar refractivity (Wildman–Crippen MR) is 46.4 cm³/mol. The molecule has 0 saturated carbocycles. The molecule has 0 aliphatic heterocycles. The van der Waals surface area contributed by atoms with Crippen LogP contribution in [0.3, 0.4) is 0 Å². The third-order valence-electron chi connectivity index (χ3n) is 1.05. The second-order valence-electron chi connectivity index (χ2n) is 1.66. The standard InChI is InChI=1S/C7H7BrO.Mg/c1-9-7-4-2-6(8)3-5-7;/h2-5H,1H3;/q;+2. The first-order valence-corrected chi connectivity index (χ1v) is 3.42. The van der Waals surface area contributed by atoms with Crippen LogP contribution < -0.4 is 4.74 Å². The van der Waals surface area contributed by atoms with Crippen molar-refractivity contribution in [3.05, 3.63) is 28.7 Å². The van der Waals surface area contributed by atoms with E-state index in [1.54, 1.807) is 7.11 Å². The topological polar surface area (TPSA) is 9.23 Å². The van der Waals surface area contributed by atoms with Crippen molar-refractivity contribution in [2.75, 3.05) is 7.11 Å². The average Bonchev–Trinajstić information content (AvgIpc) is 1.90. The summed E-state index contributed by atoms with van der Waals surface area (Å²) in [6.07, 6.45) is 0. The van der Waals surface area contributed by atoms with Crippen LogP contribution in [0.15, 0.2) is 28.7 Å². The molecule has 0 saturated heterocycles. The average molecular weight is 211 g/mol. The maximum Gasteiger partial charge on any atom is 2.00 e. The molecule has 0 bridgehead atoms. The molecule has 0 fully saturated rings. The molecule has 0 aliphatic carbocycles. The Morgan fingerprint density at radius 2 is 1.70 bits per heavy atom. The quantitative estimate of drug-likeness (QED) is 0.646. The molecule has 0 aromatic heterocycles. The summed E-state index contributed by atoms with van der Waals surface area (Å²) < 4.78 is 6.02. The Morgan fingerprint density at radius 3 is 2.10 bits per heavy atom. The number of ether oxygens (including phenoxy) is 1. The molecule has 0 atom stereocenters. The first-order chi connectivity index (χ1) is 4.33. The van der Waals surface area contributed by atoms with E-state index in [1.807, 2.05) is 24.3 Å². The summed E-state index contributed by atoms with van der Waals surface area (Å²) in [6, 6.07) is 7.70. The van der Waals surface area contributed by atoms with Crippen LogP contribution in [0.5, 0.6) is 5.75 Å². The summed E-state index contributed by atoms with van der Waals surface area (Å²) in [5.41, 5.74) is 0. The molecule has 0 radical (unpaired) electrons. The van der Waals surface area contributed by atoms with Gasteiger partial charge in [-0.3, -0.25) is 0 Å². The van der Waals surface area contributed by atoms with Gasteiger partial charge in [-0.05, 0) is 24.3 Å². The normalized spacial score (nSPS) is 8.20. The van der Waals surface area contributed by atoms with E-state index in [1.165, 1.54) is 0 Å². The van der Waals surface area contributed by atoms with Crippen LogP contribution in [0.4, 0.5) is 0 Å². The zero-order valence-corrected chi connectivity index (χ0v) is 8.80. The van der Waals surface area contributed by atoms with Gasteiger partial charge in [-0.25, -0.2) is 0 Å². The Labute approximate surface area is 85.0 Å². The van der Waals surface area contributed by atoms with Crippen molar-refractivity contribution in [3.63, 3.8) is 0 Å². The van der Waals surface area contributed by atoms with E-state index in [0.717, 1.165) is 10.2 Å². The number of methoxy groups -OCH3 is 1. The molecule has 48 valence electrons. The molecule has 0 heterocycles. The minimum absolute atomic E-state index is 0. The summed E-state index contributed by atoms with van der Waals surface area (Å²) in [7, 11) is 1.66. The molecule has 0 spiro atoms. The molecule has 1 aromatic carbocycles. The van der Waals surface area contributed by atoms with Gasteiger partial charge in [0, 0.05) is 4.47 Å². The summed E-state index contributed by atoms with van der Waals surface area (Å²) >= 11 is 3.32. The molecule has 1 nitrogen and oxygen atoms in total. The third kappa shape index (κ3) is 2.90. The van der Waals surface area contributed by atoms with Gasteiger partial charge in [-0.2, -0.15) is 0 Å². The number of rotatable bonds is 1. The molecule has 0 aliphatic rings. The Balaban J connectivity index is 0.000000810. The van der Waals surface area contributed by atoms with E-state index in [0.29, 0.717) is 0 Å². The van der Waals surface area contributed by atoms with Crippen molar-refractivity contribution in [1.82, 2.24) is 0 Å². The monoisotopic (exact) mass is 210 g/mol. The summed E-state index contributed by atoms with van der Waals surface area (Å²) in [4.78, 5) is 0. The van der Waals surface area contributed by atoms with Gasteiger partial charge >= 0.3 is 23.1 Å². The Kier molecular flexibility index (Phi) is 5.12. The van der Waals surface area contributed by atoms with Gasteiger partial charge in [0.2, 0.25) is 0 Å². The molecule has 0 N–H and O–H groups in total. The Hall–Kier alpha value is 0.266. The maximum absolute atomic E-state index is 4.95. The number of hydrogen-bond donors (Lipinski definition) is 0. The van der Waals surface area contributed by atoms with Gasteiger partial charge in [-0.15, -0.1) is 0 Å². The van der Waals surface area contributed by atoms with E-state index in [9.17, 15) is 0 Å². The second-order valence-corrected chi connectivity index (χ2v) is 2.57. The minimum Gasteiger partial charge on any atom is -0.497 e. The molecule has 10 heavy (non-hydrogen) atoms. The van der Waals surface area contributed by atoms with Crippen LogP contribution >= 0.6 is 15.9 Å². The van der Waals surface area contributed by atoms with Crippen molar-refractivity contribution < 1.29 is 4.74 Å². The molecule has 3 heteroatoms. The van der Waals surface area contributed by atoms with Crippen molar-refractivity contribution in [3.8, 4) is 5.75 Å². The van der Waals surface area contributed by atoms with Crippen LogP contribution in [0, 0.1) is 0 Å². The predicted octanol–water partition coefficient (Wildman–Crippen LogP) is 2.08. The molecule has 1 rings (SSSR count). The van der Waals surface area contributed by atoms with Crippen LogP contribution in [-0.2, 0) is 0 Å². The van der Waals surface area contributed by atoms with Gasteiger partial charge in [0.05, 0.1) is 7.11 Å². The van der Waals surface area contributed by atoms with Crippen molar-refractivity contribution >= 4 is 39.0 Å². The van der Waals surface area contributed by atoms with Crippen LogP contribution in [0.1, 0.15) is 0 Å². The summed E-state index contributed by atoms with van der Waals surface area (Å²) in [6.45, 7) is 0. The zero-order valence-electron chi connectivity index (χ0n) is 5.80. The van der Waals surface area contributed by atoms with Crippen molar-refractivity contribution in [2.45, 2.75) is 0 Å². The fourth-order valence-electron chi connectivity index (χ4n) is 0.571. The van der Waals surface area contributed by atoms with E-state index < -0.39 is 0 Å². The van der Waals surface area contributed by atoms with E-state index in [-0.39, 0.29) is 23.1 Å². The smallest absolute Gasteiger partial charge is 0.497 e. The first kappa shape index (κ1) is 10.3. The third-order valence-corrected chi connectivity index (χ3v) is 1.58. The number of hydrogen-bond acceptors (Lipinski definition) is 1. The van der Waals surface area contributed by atoms with Crippen molar-refractivity contribution in [1.29, 1.82) is 0 Å². The Bertz CT molecular complexity index is 185. The van der Waals surface area contributed by atoms with Gasteiger partial charge in [0.25, 0.3) is 0 Å². The van der Waals surface area contributed by atoms with Gasteiger partial charge in [0.1, 0.15) is 5.75 Å². The summed E-state index contributed by atoms with van der Waals surface area (Å²) in [5.74, 6) is 0.887. The first-order valence-electron chi connectivity index (χ1n) is 2.62. The fourth-order valence-corrected chi connectivity index (χ4v) is 0.835. The minimum atomic E-state index is 0. The van der Waals surface area contributed by atoms with Crippen molar-refractivity contribution in [2.24, 2.45) is 0 Å². The van der Waals surface area contributed by atoms with Crippen LogP contribution in [0.25, 0.3) is 0 Å². The Morgan fingerprint density at radius 1 is 1.20 bits per heavy atom. The maximum atomic E-state index is 4.95. The molecule has 1 aromatic rings. The van der Waals surface area contributed by atoms with Crippen LogP contribution in [-0.4, -0.2) is 30.2 Å². The molecular formula is C7H7BrMgO+2. The molecular weight excluding hydrogens is 204 g/mol. The van der Waals surface area contributed by atoms with E-state index >= 15 is 0 Å². The summed E-state index contributed by atoms with van der Waals surface area (Å²) in [5, 5.41) is 0. The van der Waals surface area contributed by atoms with Gasteiger partial charge in [-0.1, -0.05) is 15.9 Å². The largest absolute Gasteiger partial charge is 2.00 e. The van der Waals surface area contributed by atoms with Crippen LogP contribution in [0.2, 0.25) is 0 Å². The molecule has 0 unspecified atom stereocenters. The second kappa shape index (κ2) is 4.99. The van der Waals surface area contributed by atoms with Gasteiger partial charge < -0.3 is 4.74 Å². The van der Waals surface area contributed by atoms with E-state index in [4.69, 9.17) is 4.74 Å². The zero-order chi connectivity index (χ0) is 6.69. The van der Waals surface area contributed by atoms with E-state index in [2.05, 4.69) is 15.9 Å². The molecule has 0 amide bonds. The number of halogens is 1.